The fourth-order valence-corrected chi connectivity index (χ4v) is 2.16. The van der Waals surface area contributed by atoms with Crippen LogP contribution in [0.3, 0.4) is 0 Å². The van der Waals surface area contributed by atoms with Crippen LogP contribution in [0.1, 0.15) is 36.5 Å². The van der Waals surface area contributed by atoms with Gasteiger partial charge in [-0.25, -0.2) is 4.79 Å². The number of benzene rings is 1. The Kier molecular flexibility index (Phi) is 4.93. The van der Waals surface area contributed by atoms with E-state index in [0.29, 0.717) is 0 Å². The fourth-order valence-electron chi connectivity index (χ4n) is 2.16. The number of hydrogen-bond donors (Lipinski definition) is 3. The van der Waals surface area contributed by atoms with Crippen LogP contribution in [-0.2, 0) is 15.8 Å². The summed E-state index contributed by atoms with van der Waals surface area (Å²) in [5, 5.41) is 21.2. The number of carbonyl (C=O) groups is 2. The highest BCUT2D eigenvalue weighted by Crippen LogP contribution is 2.34. The second-order valence-corrected chi connectivity index (χ2v) is 5.60. The Morgan fingerprint density at radius 1 is 1.22 bits per heavy atom. The van der Waals surface area contributed by atoms with Crippen LogP contribution < -0.4 is 5.32 Å². The lowest BCUT2D eigenvalue weighted by Gasteiger charge is -2.17. The first-order valence-electron chi connectivity index (χ1n) is 7.07. The number of hydrogen-bond acceptors (Lipinski definition) is 3. The Hall–Kier alpha value is -2.09. The number of carboxylic acids is 1. The molecule has 1 amide bonds. The van der Waals surface area contributed by atoms with Gasteiger partial charge < -0.3 is 15.5 Å². The van der Waals surface area contributed by atoms with Crippen molar-refractivity contribution in [1.29, 1.82) is 0 Å². The van der Waals surface area contributed by atoms with E-state index in [4.69, 9.17) is 5.11 Å². The van der Waals surface area contributed by atoms with Crippen molar-refractivity contribution in [2.24, 2.45) is 5.92 Å². The minimum absolute atomic E-state index is 0.0361. The summed E-state index contributed by atoms with van der Waals surface area (Å²) in [5.41, 5.74) is -0.933. The van der Waals surface area contributed by atoms with E-state index < -0.39 is 35.8 Å². The smallest absolute Gasteiger partial charge is 0.416 e. The first-order valence-corrected chi connectivity index (χ1v) is 7.07. The van der Waals surface area contributed by atoms with Crippen molar-refractivity contribution in [2.75, 3.05) is 0 Å². The minimum Gasteiger partial charge on any atom is -0.480 e. The van der Waals surface area contributed by atoms with Gasteiger partial charge in [0, 0.05) is 0 Å². The van der Waals surface area contributed by atoms with Crippen LogP contribution in [0.4, 0.5) is 13.2 Å². The van der Waals surface area contributed by atoms with Gasteiger partial charge in [-0.1, -0.05) is 25.0 Å². The van der Waals surface area contributed by atoms with Crippen LogP contribution in [0, 0.1) is 5.92 Å². The number of aliphatic carboxylic acids is 1. The van der Waals surface area contributed by atoms with Gasteiger partial charge in [0.05, 0.1) is 5.56 Å². The number of aliphatic hydroxyl groups excluding tert-OH is 1. The number of nitrogens with one attached hydrogen (secondary N) is 1. The molecule has 1 aliphatic rings. The minimum atomic E-state index is -4.51. The quantitative estimate of drug-likeness (QED) is 0.745. The van der Waals surface area contributed by atoms with E-state index >= 15 is 0 Å². The molecule has 0 heterocycles. The lowest BCUT2D eigenvalue weighted by atomic mass is 10.0. The zero-order valence-corrected chi connectivity index (χ0v) is 12.0. The normalized spacial score (nSPS) is 17.4. The molecule has 0 spiro atoms. The molecule has 0 aromatic heterocycles. The number of halogens is 3. The maximum absolute atomic E-state index is 12.5. The monoisotopic (exact) mass is 331 g/mol. The summed E-state index contributed by atoms with van der Waals surface area (Å²) in [4.78, 5) is 23.0. The number of carbonyl (C=O) groups excluding carboxylic acids is 1. The topological polar surface area (TPSA) is 86.6 Å². The van der Waals surface area contributed by atoms with Crippen LogP contribution in [0.5, 0.6) is 0 Å². The van der Waals surface area contributed by atoms with Crippen LogP contribution in [0.2, 0.25) is 0 Å². The Balaban J connectivity index is 2.01. The average Bonchev–Trinajstić information content (AvgIpc) is 3.28. The zero-order valence-electron chi connectivity index (χ0n) is 12.0. The fraction of sp³-hybridized carbons (Fsp3) is 0.467. The molecule has 8 heteroatoms. The molecular formula is C15H16F3NO4. The number of carboxylic acid groups (broad SMARTS) is 1. The first-order chi connectivity index (χ1) is 10.7. The Morgan fingerprint density at radius 2 is 1.78 bits per heavy atom. The van der Waals surface area contributed by atoms with Gasteiger partial charge in [0.15, 0.2) is 6.10 Å². The van der Waals surface area contributed by atoms with Crippen molar-refractivity contribution in [3.8, 4) is 0 Å². The van der Waals surface area contributed by atoms with Crippen molar-refractivity contribution in [1.82, 2.24) is 5.32 Å². The van der Waals surface area contributed by atoms with E-state index in [2.05, 4.69) is 5.32 Å². The summed E-state index contributed by atoms with van der Waals surface area (Å²) in [6, 6.07) is 2.38. The molecule has 2 rings (SSSR count). The van der Waals surface area contributed by atoms with E-state index in [1.165, 1.54) is 0 Å². The Morgan fingerprint density at radius 3 is 2.22 bits per heavy atom. The lowest BCUT2D eigenvalue weighted by molar-refractivity contribution is -0.143. The van der Waals surface area contributed by atoms with Gasteiger partial charge in [0.1, 0.15) is 6.04 Å². The molecule has 5 nitrogen and oxygen atoms in total. The SMILES string of the molecule is O=C(O)[C@H](CC1CC1)NC(=O)[C@H](O)c1ccc(C(F)(F)F)cc1. The van der Waals surface area contributed by atoms with Crippen molar-refractivity contribution in [3.63, 3.8) is 0 Å². The van der Waals surface area contributed by atoms with Crippen molar-refractivity contribution < 1.29 is 33.0 Å². The second-order valence-electron chi connectivity index (χ2n) is 5.60. The van der Waals surface area contributed by atoms with Crippen LogP contribution in [0.15, 0.2) is 24.3 Å². The van der Waals surface area contributed by atoms with Gasteiger partial charge in [-0.2, -0.15) is 13.2 Å². The molecule has 0 bridgehead atoms. The number of amides is 1. The van der Waals surface area contributed by atoms with E-state index in [1.54, 1.807) is 0 Å². The largest absolute Gasteiger partial charge is 0.480 e. The first kappa shape index (κ1) is 17.3. The summed E-state index contributed by atoms with van der Waals surface area (Å²) in [6.07, 6.45) is -4.15. The van der Waals surface area contributed by atoms with Crippen LogP contribution >= 0.6 is 0 Å². The second kappa shape index (κ2) is 6.57. The molecule has 1 fully saturated rings. The molecular weight excluding hydrogens is 315 g/mol. The third-order valence-corrected chi connectivity index (χ3v) is 3.68. The summed E-state index contributed by atoms with van der Waals surface area (Å²) < 4.78 is 37.4. The molecule has 0 unspecified atom stereocenters. The number of aliphatic hydroxyl groups is 1. The van der Waals surface area contributed by atoms with Crippen molar-refractivity contribution >= 4 is 11.9 Å². The molecule has 0 radical (unpaired) electrons. The molecule has 126 valence electrons. The van der Waals surface area contributed by atoms with Crippen molar-refractivity contribution in [2.45, 2.75) is 37.6 Å². The van der Waals surface area contributed by atoms with Gasteiger partial charge in [-0.3, -0.25) is 4.79 Å². The summed E-state index contributed by atoms with van der Waals surface area (Å²) >= 11 is 0. The Bertz CT molecular complexity index is 581. The molecule has 1 aromatic rings. The highest BCUT2D eigenvalue weighted by Gasteiger charge is 2.33. The predicted octanol–water partition coefficient (Wildman–Crippen LogP) is 2.11. The van der Waals surface area contributed by atoms with E-state index in [1.807, 2.05) is 0 Å². The van der Waals surface area contributed by atoms with Crippen molar-refractivity contribution in [3.05, 3.63) is 35.4 Å². The number of alkyl halides is 3. The molecule has 2 atom stereocenters. The molecule has 1 aromatic carbocycles. The summed E-state index contributed by atoms with van der Waals surface area (Å²) in [7, 11) is 0. The summed E-state index contributed by atoms with van der Waals surface area (Å²) in [5.74, 6) is -1.90. The molecule has 23 heavy (non-hydrogen) atoms. The lowest BCUT2D eigenvalue weighted by Crippen LogP contribution is -2.43. The highest BCUT2D eigenvalue weighted by atomic mass is 19.4. The highest BCUT2D eigenvalue weighted by molar-refractivity contribution is 5.87. The van der Waals surface area contributed by atoms with E-state index in [9.17, 15) is 27.9 Å². The molecule has 1 saturated carbocycles. The molecule has 0 saturated heterocycles. The molecule has 1 aliphatic carbocycles. The Labute approximate surface area is 130 Å². The summed E-state index contributed by atoms with van der Waals surface area (Å²) in [6.45, 7) is 0. The van der Waals surface area contributed by atoms with E-state index in [-0.39, 0.29) is 17.9 Å². The third kappa shape index (κ3) is 4.69. The predicted molar refractivity (Wildman–Crippen MR) is 73.3 cm³/mol. The van der Waals surface area contributed by atoms with Gasteiger partial charge in [-0.15, -0.1) is 0 Å². The van der Waals surface area contributed by atoms with Crippen LogP contribution in [0.25, 0.3) is 0 Å². The average molecular weight is 331 g/mol. The molecule has 0 aliphatic heterocycles. The van der Waals surface area contributed by atoms with Gasteiger partial charge >= 0.3 is 12.1 Å². The third-order valence-electron chi connectivity index (χ3n) is 3.68. The number of rotatable bonds is 6. The van der Waals surface area contributed by atoms with Gasteiger partial charge in [-0.05, 0) is 30.0 Å². The van der Waals surface area contributed by atoms with Gasteiger partial charge in [0.2, 0.25) is 0 Å². The standard InChI is InChI=1S/C15H16F3NO4/c16-15(17,18)10-5-3-9(4-6-10)12(20)13(21)19-11(14(22)23)7-8-1-2-8/h3-6,8,11-12,20H,1-2,7H2,(H,19,21)(H,22,23)/t11-,12+/m0/s1. The van der Waals surface area contributed by atoms with Gasteiger partial charge in [0.25, 0.3) is 5.91 Å². The maximum Gasteiger partial charge on any atom is 0.416 e. The maximum atomic E-state index is 12.5. The van der Waals surface area contributed by atoms with Crippen LogP contribution in [-0.4, -0.2) is 28.1 Å². The van der Waals surface area contributed by atoms with E-state index in [0.717, 1.165) is 37.1 Å². The zero-order chi connectivity index (χ0) is 17.2. The molecule has 3 N–H and O–H groups in total.